The van der Waals surface area contributed by atoms with Crippen molar-refractivity contribution in [3.8, 4) is 0 Å². The van der Waals surface area contributed by atoms with Gasteiger partial charge in [-0.05, 0) is 44.1 Å². The molecule has 1 unspecified atom stereocenters. The SMILES string of the molecule is Cc1cc(C)cc(C(CC(=O)O)C2CCCCC2)c1. The van der Waals surface area contributed by atoms with Gasteiger partial charge in [0.2, 0.25) is 0 Å². The van der Waals surface area contributed by atoms with E-state index in [0.717, 1.165) is 0 Å². The number of rotatable bonds is 4. The van der Waals surface area contributed by atoms with Gasteiger partial charge in [0.25, 0.3) is 0 Å². The Kier molecular flexibility index (Phi) is 4.62. The summed E-state index contributed by atoms with van der Waals surface area (Å²) in [4.78, 5) is 11.2. The Bertz CT molecular complexity index is 424. The van der Waals surface area contributed by atoms with Gasteiger partial charge < -0.3 is 5.11 Å². The molecule has 0 aliphatic heterocycles. The van der Waals surface area contributed by atoms with E-state index in [1.165, 1.54) is 48.8 Å². The minimum Gasteiger partial charge on any atom is -0.481 e. The number of hydrogen-bond acceptors (Lipinski definition) is 1. The van der Waals surface area contributed by atoms with Crippen LogP contribution in [0.3, 0.4) is 0 Å². The summed E-state index contributed by atoms with van der Waals surface area (Å²) in [5, 5.41) is 9.21. The number of carboxylic acid groups (broad SMARTS) is 1. The summed E-state index contributed by atoms with van der Waals surface area (Å²) in [6.07, 6.45) is 6.46. The highest BCUT2D eigenvalue weighted by Gasteiger charge is 2.27. The van der Waals surface area contributed by atoms with Crippen molar-refractivity contribution in [1.82, 2.24) is 0 Å². The zero-order chi connectivity index (χ0) is 13.8. The Hall–Kier alpha value is -1.31. The van der Waals surface area contributed by atoms with E-state index in [9.17, 15) is 9.90 Å². The van der Waals surface area contributed by atoms with Crippen LogP contribution in [-0.2, 0) is 4.79 Å². The lowest BCUT2D eigenvalue weighted by Gasteiger charge is -2.30. The van der Waals surface area contributed by atoms with Crippen LogP contribution in [0.5, 0.6) is 0 Å². The van der Waals surface area contributed by atoms with Crippen LogP contribution in [0.2, 0.25) is 0 Å². The van der Waals surface area contributed by atoms with E-state index in [1.54, 1.807) is 0 Å². The molecule has 0 radical (unpaired) electrons. The molecule has 2 heteroatoms. The standard InChI is InChI=1S/C17H24O2/c1-12-8-13(2)10-15(9-12)16(11-17(18)19)14-6-4-3-5-7-14/h8-10,14,16H,3-7,11H2,1-2H3,(H,18,19). The average molecular weight is 260 g/mol. The Labute approximate surface area is 115 Å². The molecule has 0 bridgehead atoms. The van der Waals surface area contributed by atoms with Crippen LogP contribution < -0.4 is 0 Å². The lowest BCUT2D eigenvalue weighted by molar-refractivity contribution is -0.137. The molecule has 19 heavy (non-hydrogen) atoms. The van der Waals surface area contributed by atoms with Crippen LogP contribution in [0.1, 0.15) is 61.1 Å². The lowest BCUT2D eigenvalue weighted by atomic mass is 9.75. The molecule has 1 N–H and O–H groups in total. The largest absolute Gasteiger partial charge is 0.481 e. The Morgan fingerprint density at radius 3 is 2.26 bits per heavy atom. The fourth-order valence-electron chi connectivity index (χ4n) is 3.51. The zero-order valence-corrected chi connectivity index (χ0v) is 12.0. The Morgan fingerprint density at radius 2 is 1.74 bits per heavy atom. The molecule has 0 amide bonds. The van der Waals surface area contributed by atoms with Gasteiger partial charge in [0.1, 0.15) is 0 Å². The molecule has 0 heterocycles. The number of aryl methyl sites for hydroxylation is 2. The third-order valence-electron chi connectivity index (χ3n) is 4.29. The van der Waals surface area contributed by atoms with Crippen LogP contribution in [-0.4, -0.2) is 11.1 Å². The lowest BCUT2D eigenvalue weighted by Crippen LogP contribution is -2.19. The minimum absolute atomic E-state index is 0.191. The summed E-state index contributed by atoms with van der Waals surface area (Å²) >= 11 is 0. The normalized spacial score (nSPS) is 18.2. The molecule has 104 valence electrons. The van der Waals surface area contributed by atoms with Crippen molar-refractivity contribution < 1.29 is 9.90 Å². The summed E-state index contributed by atoms with van der Waals surface area (Å²) in [6.45, 7) is 4.18. The van der Waals surface area contributed by atoms with Gasteiger partial charge in [0.05, 0.1) is 6.42 Å². The predicted octanol–water partition coefficient (Wildman–Crippen LogP) is 4.44. The second-order valence-electron chi connectivity index (χ2n) is 6.02. The number of carbonyl (C=O) groups is 1. The minimum atomic E-state index is -0.672. The van der Waals surface area contributed by atoms with Gasteiger partial charge in [-0.1, -0.05) is 48.6 Å². The Morgan fingerprint density at radius 1 is 1.16 bits per heavy atom. The van der Waals surface area contributed by atoms with Crippen LogP contribution >= 0.6 is 0 Å². The van der Waals surface area contributed by atoms with Gasteiger partial charge >= 0.3 is 5.97 Å². The molecular formula is C17H24O2. The van der Waals surface area contributed by atoms with E-state index in [0.29, 0.717) is 5.92 Å². The highest BCUT2D eigenvalue weighted by atomic mass is 16.4. The summed E-state index contributed by atoms with van der Waals surface area (Å²) in [7, 11) is 0. The highest BCUT2D eigenvalue weighted by molar-refractivity contribution is 5.68. The molecule has 0 spiro atoms. The smallest absolute Gasteiger partial charge is 0.303 e. The Balaban J connectivity index is 2.27. The molecule has 0 aromatic heterocycles. The van der Waals surface area contributed by atoms with Crippen molar-refractivity contribution >= 4 is 5.97 Å². The zero-order valence-electron chi connectivity index (χ0n) is 12.0. The van der Waals surface area contributed by atoms with Crippen molar-refractivity contribution in [3.05, 3.63) is 34.9 Å². The van der Waals surface area contributed by atoms with Crippen molar-refractivity contribution in [2.75, 3.05) is 0 Å². The summed E-state index contributed by atoms with van der Waals surface area (Å²) in [5.41, 5.74) is 3.70. The first-order chi connectivity index (χ1) is 9.06. The van der Waals surface area contributed by atoms with Gasteiger partial charge in [0, 0.05) is 0 Å². The summed E-state index contributed by atoms with van der Waals surface area (Å²) < 4.78 is 0. The monoisotopic (exact) mass is 260 g/mol. The van der Waals surface area contributed by atoms with Crippen molar-refractivity contribution in [3.63, 3.8) is 0 Å². The molecule has 1 atom stereocenters. The van der Waals surface area contributed by atoms with Crippen molar-refractivity contribution in [2.24, 2.45) is 5.92 Å². The van der Waals surface area contributed by atoms with Gasteiger partial charge in [-0.3, -0.25) is 4.79 Å². The molecule has 2 rings (SSSR count). The first-order valence-electron chi connectivity index (χ1n) is 7.36. The molecule has 2 nitrogen and oxygen atoms in total. The first kappa shape index (κ1) is 14.1. The van der Waals surface area contributed by atoms with E-state index in [4.69, 9.17) is 0 Å². The third-order valence-corrected chi connectivity index (χ3v) is 4.29. The number of benzene rings is 1. The van der Waals surface area contributed by atoms with Gasteiger partial charge in [-0.2, -0.15) is 0 Å². The van der Waals surface area contributed by atoms with Gasteiger partial charge in [0.15, 0.2) is 0 Å². The molecule has 1 aromatic carbocycles. The van der Waals surface area contributed by atoms with Crippen LogP contribution in [0.15, 0.2) is 18.2 Å². The highest BCUT2D eigenvalue weighted by Crippen LogP contribution is 2.38. The first-order valence-corrected chi connectivity index (χ1v) is 7.36. The van der Waals surface area contributed by atoms with Crippen molar-refractivity contribution in [2.45, 2.75) is 58.3 Å². The molecule has 0 saturated heterocycles. The molecule has 1 aliphatic carbocycles. The number of hydrogen-bond donors (Lipinski definition) is 1. The number of aliphatic carboxylic acids is 1. The van der Waals surface area contributed by atoms with Crippen molar-refractivity contribution in [1.29, 1.82) is 0 Å². The average Bonchev–Trinajstić information content (AvgIpc) is 2.35. The van der Waals surface area contributed by atoms with Gasteiger partial charge in [-0.25, -0.2) is 0 Å². The summed E-state index contributed by atoms with van der Waals surface area (Å²) in [6, 6.07) is 6.51. The van der Waals surface area contributed by atoms with Crippen LogP contribution in [0, 0.1) is 19.8 Å². The molecular weight excluding hydrogens is 236 g/mol. The molecule has 1 aromatic rings. The fraction of sp³-hybridized carbons (Fsp3) is 0.588. The maximum absolute atomic E-state index is 11.2. The molecule has 1 fully saturated rings. The molecule has 1 saturated carbocycles. The predicted molar refractivity (Wildman–Crippen MR) is 77.5 cm³/mol. The molecule has 1 aliphatic rings. The maximum atomic E-state index is 11.2. The van der Waals surface area contributed by atoms with Crippen LogP contribution in [0.25, 0.3) is 0 Å². The fourth-order valence-corrected chi connectivity index (χ4v) is 3.51. The van der Waals surface area contributed by atoms with E-state index >= 15 is 0 Å². The van der Waals surface area contributed by atoms with E-state index < -0.39 is 5.97 Å². The third kappa shape index (κ3) is 3.82. The van der Waals surface area contributed by atoms with Gasteiger partial charge in [-0.15, -0.1) is 0 Å². The second-order valence-corrected chi connectivity index (χ2v) is 6.02. The van der Waals surface area contributed by atoms with E-state index in [2.05, 4.69) is 32.0 Å². The van der Waals surface area contributed by atoms with E-state index in [1.807, 2.05) is 0 Å². The number of carboxylic acids is 1. The summed E-state index contributed by atoms with van der Waals surface area (Å²) in [5.74, 6) is 0.0668. The second kappa shape index (κ2) is 6.23. The quantitative estimate of drug-likeness (QED) is 0.868. The van der Waals surface area contributed by atoms with E-state index in [-0.39, 0.29) is 12.3 Å². The topological polar surface area (TPSA) is 37.3 Å². The van der Waals surface area contributed by atoms with Crippen LogP contribution in [0.4, 0.5) is 0 Å². The maximum Gasteiger partial charge on any atom is 0.303 e.